The van der Waals surface area contributed by atoms with Crippen molar-refractivity contribution in [2.75, 3.05) is 13.1 Å². The van der Waals surface area contributed by atoms with Crippen molar-refractivity contribution in [1.29, 1.82) is 0 Å². The van der Waals surface area contributed by atoms with Gasteiger partial charge in [-0.1, -0.05) is 24.3 Å². The van der Waals surface area contributed by atoms with Crippen molar-refractivity contribution in [3.05, 3.63) is 35.4 Å². The lowest BCUT2D eigenvalue weighted by molar-refractivity contribution is -0.160. The van der Waals surface area contributed by atoms with Crippen LogP contribution in [0.5, 0.6) is 0 Å². The number of halogens is 3. The van der Waals surface area contributed by atoms with Crippen molar-refractivity contribution in [3.8, 4) is 0 Å². The second-order valence-corrected chi connectivity index (χ2v) is 5.46. The number of carbonyl (C=O) groups excluding carboxylic acids is 1. The lowest BCUT2D eigenvalue weighted by atomic mass is 9.88. The first kappa shape index (κ1) is 12.5. The van der Waals surface area contributed by atoms with Crippen molar-refractivity contribution in [2.24, 2.45) is 0 Å². The van der Waals surface area contributed by atoms with Crippen LogP contribution in [-0.4, -0.2) is 30.6 Å². The molecule has 0 bridgehead atoms. The highest BCUT2D eigenvalue weighted by atomic mass is 19.4. The maximum absolute atomic E-state index is 13.0. The number of likely N-dealkylation sites (tertiary alicyclic amines) is 1. The van der Waals surface area contributed by atoms with E-state index in [9.17, 15) is 18.0 Å². The van der Waals surface area contributed by atoms with E-state index in [0.717, 1.165) is 12.0 Å². The van der Waals surface area contributed by atoms with E-state index in [1.165, 1.54) is 0 Å². The zero-order valence-corrected chi connectivity index (χ0v) is 10.3. The molecule has 2 fully saturated rings. The van der Waals surface area contributed by atoms with Gasteiger partial charge in [-0.3, -0.25) is 4.79 Å². The van der Waals surface area contributed by atoms with E-state index in [1.54, 1.807) is 29.2 Å². The number of hydrogen-bond acceptors (Lipinski definition) is 1. The van der Waals surface area contributed by atoms with E-state index in [4.69, 9.17) is 0 Å². The lowest BCUT2D eigenvalue weighted by Crippen LogP contribution is -2.43. The van der Waals surface area contributed by atoms with E-state index in [1.807, 2.05) is 0 Å². The molecule has 102 valence electrons. The molecule has 0 aromatic heterocycles. The average molecular weight is 269 g/mol. The Balaban J connectivity index is 1.75. The van der Waals surface area contributed by atoms with E-state index in [0.29, 0.717) is 18.7 Å². The lowest BCUT2D eigenvalue weighted by Gasteiger charge is -2.36. The zero-order valence-electron chi connectivity index (χ0n) is 10.3. The Hall–Kier alpha value is -1.52. The van der Waals surface area contributed by atoms with Crippen molar-refractivity contribution < 1.29 is 18.0 Å². The molecule has 2 aliphatic rings. The maximum atomic E-state index is 13.0. The smallest absolute Gasteiger partial charge is 0.344 e. The number of amides is 1. The molecule has 0 radical (unpaired) electrons. The predicted molar refractivity (Wildman–Crippen MR) is 63.8 cm³/mol. The number of alkyl halides is 3. The summed E-state index contributed by atoms with van der Waals surface area (Å²) in [5.41, 5.74) is -0.213. The fourth-order valence-electron chi connectivity index (χ4n) is 2.74. The van der Waals surface area contributed by atoms with Gasteiger partial charge in [-0.2, -0.15) is 13.2 Å². The molecular formula is C14H14F3NO. The summed E-state index contributed by atoms with van der Waals surface area (Å²) in [5.74, 6) is 0.264. The third-order valence-electron chi connectivity index (χ3n) is 4.29. The van der Waals surface area contributed by atoms with Gasteiger partial charge in [0.25, 0.3) is 0 Å². The van der Waals surface area contributed by atoms with Crippen LogP contribution >= 0.6 is 0 Å². The van der Waals surface area contributed by atoms with E-state index in [2.05, 4.69) is 0 Å². The number of hydrogen-bond donors (Lipinski definition) is 0. The quantitative estimate of drug-likeness (QED) is 0.773. The third-order valence-corrected chi connectivity index (χ3v) is 4.29. The molecule has 1 saturated carbocycles. The SMILES string of the molecule is O=CN1CC(c2ccc(C3(C(F)(F)F)CC3)cc2)C1. The minimum atomic E-state index is -4.15. The number of carbonyl (C=O) groups is 1. The van der Waals surface area contributed by atoms with Crippen LogP contribution in [0.2, 0.25) is 0 Å². The average Bonchev–Trinajstić information content (AvgIpc) is 3.09. The molecule has 1 amide bonds. The Morgan fingerprint density at radius 1 is 1.16 bits per heavy atom. The highest BCUT2D eigenvalue weighted by Crippen LogP contribution is 2.58. The monoisotopic (exact) mass is 269 g/mol. The van der Waals surface area contributed by atoms with Crippen LogP contribution in [0.3, 0.4) is 0 Å². The van der Waals surface area contributed by atoms with Crippen LogP contribution in [-0.2, 0) is 10.2 Å². The Morgan fingerprint density at radius 3 is 2.16 bits per heavy atom. The van der Waals surface area contributed by atoms with Gasteiger partial charge in [0.1, 0.15) is 0 Å². The summed E-state index contributed by atoms with van der Waals surface area (Å²) in [6.45, 7) is 1.32. The molecule has 5 heteroatoms. The molecule has 2 nitrogen and oxygen atoms in total. The maximum Gasteiger partial charge on any atom is 0.398 e. The van der Waals surface area contributed by atoms with Gasteiger partial charge in [0.2, 0.25) is 6.41 Å². The van der Waals surface area contributed by atoms with Crippen molar-refractivity contribution >= 4 is 6.41 Å². The summed E-state index contributed by atoms with van der Waals surface area (Å²) >= 11 is 0. The molecule has 0 atom stereocenters. The van der Waals surface area contributed by atoms with Gasteiger partial charge in [0.05, 0.1) is 5.41 Å². The van der Waals surface area contributed by atoms with Crippen LogP contribution in [0.25, 0.3) is 0 Å². The highest BCUT2D eigenvalue weighted by Gasteiger charge is 2.64. The second-order valence-electron chi connectivity index (χ2n) is 5.46. The zero-order chi connectivity index (χ0) is 13.7. The van der Waals surface area contributed by atoms with E-state index in [-0.39, 0.29) is 18.8 Å². The van der Waals surface area contributed by atoms with E-state index < -0.39 is 11.6 Å². The molecule has 1 aliphatic heterocycles. The van der Waals surface area contributed by atoms with Gasteiger partial charge in [-0.05, 0) is 24.0 Å². The molecule has 1 saturated heterocycles. The van der Waals surface area contributed by atoms with Crippen molar-refractivity contribution in [1.82, 2.24) is 4.90 Å². The molecule has 0 N–H and O–H groups in total. The van der Waals surface area contributed by atoms with Crippen LogP contribution in [0, 0.1) is 0 Å². The fourth-order valence-corrected chi connectivity index (χ4v) is 2.74. The molecule has 1 aromatic rings. The van der Waals surface area contributed by atoms with Gasteiger partial charge >= 0.3 is 6.18 Å². The molecule has 0 unspecified atom stereocenters. The number of rotatable bonds is 3. The van der Waals surface area contributed by atoms with E-state index >= 15 is 0 Å². The normalized spacial score (nSPS) is 21.9. The standard InChI is InChI=1S/C14H14F3NO/c15-14(16,17)13(5-6-13)12-3-1-10(2-4-12)11-7-18(8-11)9-19/h1-4,9,11H,5-8H2. The van der Waals surface area contributed by atoms with Gasteiger partial charge in [0.15, 0.2) is 0 Å². The van der Waals surface area contributed by atoms with Crippen LogP contribution in [0.15, 0.2) is 24.3 Å². The fraction of sp³-hybridized carbons (Fsp3) is 0.500. The number of nitrogens with zero attached hydrogens (tertiary/aromatic N) is 1. The first-order valence-electron chi connectivity index (χ1n) is 6.33. The van der Waals surface area contributed by atoms with Gasteiger partial charge in [-0.25, -0.2) is 0 Å². The topological polar surface area (TPSA) is 20.3 Å². The summed E-state index contributed by atoms with van der Waals surface area (Å²) in [6, 6.07) is 6.74. The Kier molecular flexibility index (Phi) is 2.62. The second kappa shape index (κ2) is 3.99. The Bertz CT molecular complexity index is 484. The van der Waals surface area contributed by atoms with Crippen molar-refractivity contribution in [3.63, 3.8) is 0 Å². The van der Waals surface area contributed by atoms with Crippen LogP contribution in [0.4, 0.5) is 13.2 Å². The van der Waals surface area contributed by atoms with Crippen molar-refractivity contribution in [2.45, 2.75) is 30.4 Å². The first-order valence-corrected chi connectivity index (χ1v) is 6.33. The summed E-state index contributed by atoms with van der Waals surface area (Å²) in [7, 11) is 0. The Labute approximate surface area is 109 Å². The summed E-state index contributed by atoms with van der Waals surface area (Å²) in [4.78, 5) is 12.1. The van der Waals surface area contributed by atoms with Gasteiger partial charge in [-0.15, -0.1) is 0 Å². The highest BCUT2D eigenvalue weighted by molar-refractivity contribution is 5.50. The van der Waals surface area contributed by atoms with Crippen LogP contribution < -0.4 is 0 Å². The largest absolute Gasteiger partial charge is 0.398 e. The molecular weight excluding hydrogens is 255 g/mol. The molecule has 1 heterocycles. The number of benzene rings is 1. The molecule has 0 spiro atoms. The minimum absolute atomic E-state index is 0.193. The third kappa shape index (κ3) is 1.91. The van der Waals surface area contributed by atoms with Crippen LogP contribution in [0.1, 0.15) is 29.9 Å². The molecule has 3 rings (SSSR count). The van der Waals surface area contributed by atoms with Gasteiger partial charge < -0.3 is 4.90 Å². The summed E-state index contributed by atoms with van der Waals surface area (Å²) in [5, 5.41) is 0. The predicted octanol–water partition coefficient (Wildman–Crippen LogP) is 2.84. The first-order chi connectivity index (χ1) is 8.96. The molecule has 1 aromatic carbocycles. The summed E-state index contributed by atoms with van der Waals surface area (Å²) < 4.78 is 38.9. The summed E-state index contributed by atoms with van der Waals surface area (Å²) in [6.07, 6.45) is -2.97. The molecule has 1 aliphatic carbocycles. The minimum Gasteiger partial charge on any atom is -0.344 e. The molecule has 19 heavy (non-hydrogen) atoms. The van der Waals surface area contributed by atoms with Gasteiger partial charge in [0, 0.05) is 19.0 Å². The Morgan fingerprint density at radius 2 is 1.74 bits per heavy atom.